The van der Waals surface area contributed by atoms with Crippen LogP contribution in [-0.4, -0.2) is 36.0 Å². The molecule has 2 rings (SSSR count). The van der Waals surface area contributed by atoms with E-state index in [0.29, 0.717) is 0 Å². The van der Waals surface area contributed by atoms with E-state index in [-0.39, 0.29) is 24.0 Å². The van der Waals surface area contributed by atoms with Gasteiger partial charge in [0.1, 0.15) is 0 Å². The highest BCUT2D eigenvalue weighted by molar-refractivity contribution is 14.0. The van der Waals surface area contributed by atoms with Gasteiger partial charge in [0.15, 0.2) is 5.96 Å². The molecule has 1 fully saturated rings. The molecule has 1 aliphatic heterocycles. The van der Waals surface area contributed by atoms with Gasteiger partial charge in [-0.2, -0.15) is 0 Å². The van der Waals surface area contributed by atoms with Crippen molar-refractivity contribution < 1.29 is 0 Å². The van der Waals surface area contributed by atoms with E-state index in [4.69, 9.17) is 0 Å². The van der Waals surface area contributed by atoms with Crippen LogP contribution in [0.5, 0.6) is 0 Å². The Hall–Kier alpha value is -0.850. The number of rotatable bonds is 5. The Balaban J connectivity index is 0.00000242. The first-order chi connectivity index (χ1) is 10.3. The molecule has 1 unspecified atom stereocenters. The molecule has 0 aliphatic carbocycles. The van der Waals surface area contributed by atoms with E-state index in [1.54, 1.807) is 0 Å². The Bertz CT molecular complexity index is 445. The van der Waals surface area contributed by atoms with E-state index in [9.17, 15) is 0 Å². The molecule has 22 heavy (non-hydrogen) atoms. The molecule has 0 amide bonds. The van der Waals surface area contributed by atoms with Gasteiger partial charge in [0.05, 0.1) is 12.2 Å². The third-order valence-electron chi connectivity index (χ3n) is 4.61. The fourth-order valence-electron chi connectivity index (χ4n) is 3.32. The Labute approximate surface area is 151 Å². The summed E-state index contributed by atoms with van der Waals surface area (Å²) in [5, 5.41) is 3.44. The highest BCUT2D eigenvalue weighted by atomic mass is 127. The van der Waals surface area contributed by atoms with E-state index >= 15 is 0 Å². The molecule has 2 heterocycles. The molecule has 0 radical (unpaired) electrons. The molecule has 1 atom stereocenters. The van der Waals surface area contributed by atoms with Gasteiger partial charge in [-0.1, -0.05) is 32.8 Å². The van der Waals surface area contributed by atoms with Gasteiger partial charge in [-0.05, 0) is 30.4 Å². The summed E-state index contributed by atoms with van der Waals surface area (Å²) in [6.45, 7) is 7.60. The highest BCUT2D eigenvalue weighted by Crippen LogP contribution is 2.28. The van der Waals surface area contributed by atoms with Crippen LogP contribution in [0.15, 0.2) is 29.4 Å². The van der Waals surface area contributed by atoms with Crippen molar-refractivity contribution in [2.24, 2.45) is 16.8 Å². The van der Waals surface area contributed by atoms with E-state index in [1.807, 2.05) is 31.4 Å². The number of likely N-dealkylation sites (tertiary alicyclic amines) is 1. The minimum absolute atomic E-state index is 0. The number of halogens is 1. The van der Waals surface area contributed by atoms with Gasteiger partial charge in [0.25, 0.3) is 0 Å². The monoisotopic (exact) mass is 416 g/mol. The molecule has 1 aliphatic rings. The summed E-state index contributed by atoms with van der Waals surface area (Å²) < 4.78 is 0. The first-order valence-electron chi connectivity index (χ1n) is 8.14. The Morgan fingerprint density at radius 1 is 1.41 bits per heavy atom. The standard InChI is InChI=1S/C17H28N4.HI/c1-4-14(5-2)15-9-11-21(13-15)17(18-3)20-12-16-8-6-7-10-19-16;/h6-8,10,14-15H,4-5,9,11-13H2,1-3H3,(H,18,20);1H. The van der Waals surface area contributed by atoms with E-state index in [0.717, 1.165) is 43.1 Å². The molecule has 0 aromatic carbocycles. The van der Waals surface area contributed by atoms with Crippen molar-refractivity contribution in [3.63, 3.8) is 0 Å². The Kier molecular flexibility index (Phi) is 8.75. The lowest BCUT2D eigenvalue weighted by Crippen LogP contribution is -2.40. The van der Waals surface area contributed by atoms with Gasteiger partial charge in [-0.3, -0.25) is 9.98 Å². The van der Waals surface area contributed by atoms with Crippen molar-refractivity contribution in [1.82, 2.24) is 15.2 Å². The second-order valence-corrected chi connectivity index (χ2v) is 5.79. The Morgan fingerprint density at radius 2 is 2.18 bits per heavy atom. The van der Waals surface area contributed by atoms with Crippen molar-refractivity contribution in [3.05, 3.63) is 30.1 Å². The Morgan fingerprint density at radius 3 is 2.77 bits per heavy atom. The van der Waals surface area contributed by atoms with Gasteiger partial charge in [-0.15, -0.1) is 24.0 Å². The second-order valence-electron chi connectivity index (χ2n) is 5.79. The van der Waals surface area contributed by atoms with Crippen LogP contribution in [0.1, 0.15) is 38.8 Å². The molecule has 0 spiro atoms. The zero-order valence-corrected chi connectivity index (χ0v) is 16.3. The van der Waals surface area contributed by atoms with Crippen LogP contribution in [-0.2, 0) is 6.54 Å². The molecule has 0 saturated carbocycles. The minimum Gasteiger partial charge on any atom is -0.351 e. The average molecular weight is 416 g/mol. The normalized spacial score (nSPS) is 18.5. The lowest BCUT2D eigenvalue weighted by atomic mass is 9.87. The van der Waals surface area contributed by atoms with Crippen LogP contribution in [0, 0.1) is 11.8 Å². The van der Waals surface area contributed by atoms with Crippen LogP contribution in [0.25, 0.3) is 0 Å². The summed E-state index contributed by atoms with van der Waals surface area (Å²) in [5.41, 5.74) is 1.05. The first-order valence-corrected chi connectivity index (χ1v) is 8.14. The van der Waals surface area contributed by atoms with Gasteiger partial charge in [-0.25, -0.2) is 0 Å². The highest BCUT2D eigenvalue weighted by Gasteiger charge is 2.29. The van der Waals surface area contributed by atoms with E-state index < -0.39 is 0 Å². The van der Waals surface area contributed by atoms with E-state index in [2.05, 4.69) is 34.0 Å². The molecular formula is C17H29IN4. The molecule has 1 saturated heterocycles. The SMILES string of the molecule is CCC(CC)C1CCN(C(=NC)NCc2ccccn2)C1.I. The third-order valence-corrected chi connectivity index (χ3v) is 4.61. The summed E-state index contributed by atoms with van der Waals surface area (Å²) in [7, 11) is 1.87. The fraction of sp³-hybridized carbons (Fsp3) is 0.647. The average Bonchev–Trinajstić information content (AvgIpc) is 3.00. The van der Waals surface area contributed by atoms with Crippen molar-refractivity contribution in [1.29, 1.82) is 0 Å². The van der Waals surface area contributed by atoms with E-state index in [1.165, 1.54) is 19.3 Å². The van der Waals surface area contributed by atoms with Crippen LogP contribution in [0.4, 0.5) is 0 Å². The van der Waals surface area contributed by atoms with Crippen molar-refractivity contribution in [2.75, 3.05) is 20.1 Å². The van der Waals surface area contributed by atoms with Gasteiger partial charge in [0, 0.05) is 26.3 Å². The zero-order chi connectivity index (χ0) is 15.1. The summed E-state index contributed by atoms with van der Waals surface area (Å²) in [5.74, 6) is 2.67. The topological polar surface area (TPSA) is 40.5 Å². The molecule has 124 valence electrons. The summed E-state index contributed by atoms with van der Waals surface area (Å²) >= 11 is 0. The predicted molar refractivity (Wildman–Crippen MR) is 104 cm³/mol. The minimum atomic E-state index is 0. The maximum atomic E-state index is 4.43. The van der Waals surface area contributed by atoms with Crippen molar-refractivity contribution >= 4 is 29.9 Å². The van der Waals surface area contributed by atoms with Crippen LogP contribution in [0.3, 0.4) is 0 Å². The third kappa shape index (κ3) is 5.11. The summed E-state index contributed by atoms with van der Waals surface area (Å²) in [6, 6.07) is 6.00. The largest absolute Gasteiger partial charge is 0.351 e. The van der Waals surface area contributed by atoms with Gasteiger partial charge >= 0.3 is 0 Å². The van der Waals surface area contributed by atoms with Crippen LogP contribution >= 0.6 is 24.0 Å². The maximum Gasteiger partial charge on any atom is 0.193 e. The number of hydrogen-bond donors (Lipinski definition) is 1. The number of pyridine rings is 1. The quantitative estimate of drug-likeness (QED) is 0.454. The molecule has 0 bridgehead atoms. The molecule has 1 N–H and O–H groups in total. The number of nitrogens with zero attached hydrogens (tertiary/aromatic N) is 3. The summed E-state index contributed by atoms with van der Waals surface area (Å²) in [4.78, 5) is 11.2. The van der Waals surface area contributed by atoms with Crippen molar-refractivity contribution in [3.8, 4) is 0 Å². The molecule has 1 aromatic heterocycles. The number of aromatic nitrogens is 1. The number of nitrogens with one attached hydrogen (secondary N) is 1. The molecule has 1 aromatic rings. The smallest absolute Gasteiger partial charge is 0.193 e. The van der Waals surface area contributed by atoms with Crippen LogP contribution in [0.2, 0.25) is 0 Å². The van der Waals surface area contributed by atoms with Gasteiger partial charge < -0.3 is 10.2 Å². The first kappa shape index (κ1) is 19.2. The lowest BCUT2D eigenvalue weighted by Gasteiger charge is -2.24. The maximum absolute atomic E-state index is 4.43. The number of hydrogen-bond acceptors (Lipinski definition) is 2. The van der Waals surface area contributed by atoms with Crippen LogP contribution < -0.4 is 5.32 Å². The second kappa shape index (κ2) is 10.0. The molecule has 5 heteroatoms. The van der Waals surface area contributed by atoms with Crippen molar-refractivity contribution in [2.45, 2.75) is 39.7 Å². The molecule has 4 nitrogen and oxygen atoms in total. The van der Waals surface area contributed by atoms with Gasteiger partial charge in [0.2, 0.25) is 0 Å². The number of guanidine groups is 1. The predicted octanol–water partition coefficient (Wildman–Crippen LogP) is 3.53. The zero-order valence-electron chi connectivity index (χ0n) is 14.0. The fourth-order valence-corrected chi connectivity index (χ4v) is 3.32. The number of aliphatic imine (C=N–C) groups is 1. The lowest BCUT2D eigenvalue weighted by molar-refractivity contribution is 0.319. The summed E-state index contributed by atoms with van der Waals surface area (Å²) in [6.07, 6.45) is 5.69. The molecular weight excluding hydrogens is 387 g/mol.